The van der Waals surface area contributed by atoms with E-state index in [2.05, 4.69) is 0 Å². The lowest BCUT2D eigenvalue weighted by molar-refractivity contribution is 0.319. The molecule has 0 saturated carbocycles. The van der Waals surface area contributed by atoms with Crippen LogP contribution in [0.4, 0.5) is 5.69 Å². The molecule has 0 aliphatic carbocycles. The number of para-hydroxylation sites is 2. The van der Waals surface area contributed by atoms with Crippen LogP contribution in [0.2, 0.25) is 6.04 Å². The van der Waals surface area contributed by atoms with Crippen LogP contribution in [0.25, 0.3) is 0 Å². The summed E-state index contributed by atoms with van der Waals surface area (Å²) in [5.41, 5.74) is 6.41. The molecular weight excluding hydrogens is 166 g/mol. The van der Waals surface area contributed by atoms with Gasteiger partial charge in [0.05, 0.1) is 12.3 Å². The van der Waals surface area contributed by atoms with Gasteiger partial charge < -0.3 is 10.5 Å². The molecule has 0 radical (unpaired) electrons. The largest absolute Gasteiger partial charge is 0.491 e. The van der Waals surface area contributed by atoms with E-state index in [-0.39, 0.29) is 0 Å². The molecule has 0 aliphatic rings. The Morgan fingerprint density at radius 3 is 2.75 bits per heavy atom. The highest BCUT2D eigenvalue weighted by molar-refractivity contribution is 6.08. The lowest BCUT2D eigenvalue weighted by Crippen LogP contribution is -1.99. The molecule has 12 heavy (non-hydrogen) atoms. The van der Waals surface area contributed by atoms with E-state index in [0.29, 0.717) is 0 Å². The molecule has 1 aromatic rings. The van der Waals surface area contributed by atoms with E-state index in [9.17, 15) is 0 Å². The van der Waals surface area contributed by atoms with Gasteiger partial charge in [-0.15, -0.1) is 0 Å². The molecule has 1 aromatic carbocycles. The van der Waals surface area contributed by atoms with Gasteiger partial charge in [0.2, 0.25) is 0 Å². The first-order chi connectivity index (χ1) is 5.84. The Hall–Kier alpha value is -0.963. The number of benzene rings is 1. The Labute approximate surface area is 76.2 Å². The fourth-order valence-corrected chi connectivity index (χ4v) is 1.23. The van der Waals surface area contributed by atoms with Crippen molar-refractivity contribution in [2.24, 2.45) is 0 Å². The van der Waals surface area contributed by atoms with Gasteiger partial charge in [0, 0.05) is 10.2 Å². The molecule has 66 valence electrons. The van der Waals surface area contributed by atoms with Crippen LogP contribution in [0.5, 0.6) is 5.75 Å². The summed E-state index contributed by atoms with van der Waals surface area (Å²) < 4.78 is 5.47. The average molecular weight is 181 g/mol. The molecule has 0 bridgehead atoms. The second-order valence-corrected chi connectivity index (χ2v) is 3.74. The van der Waals surface area contributed by atoms with E-state index in [1.54, 1.807) is 0 Å². The van der Waals surface area contributed by atoms with Gasteiger partial charge in [-0.25, -0.2) is 0 Å². The van der Waals surface area contributed by atoms with Crippen molar-refractivity contribution < 1.29 is 4.74 Å². The molecule has 1 rings (SSSR count). The van der Waals surface area contributed by atoms with Crippen LogP contribution in [-0.2, 0) is 0 Å². The van der Waals surface area contributed by atoms with Gasteiger partial charge in [-0.2, -0.15) is 0 Å². The van der Waals surface area contributed by atoms with Crippen molar-refractivity contribution in [1.29, 1.82) is 0 Å². The molecule has 3 heteroatoms. The topological polar surface area (TPSA) is 35.2 Å². The molecule has 2 N–H and O–H groups in total. The summed E-state index contributed by atoms with van der Waals surface area (Å²) in [5.74, 6) is 0.813. The van der Waals surface area contributed by atoms with Crippen LogP contribution < -0.4 is 10.5 Å². The maximum atomic E-state index is 5.69. The highest BCUT2D eigenvalue weighted by atomic mass is 28.1. The van der Waals surface area contributed by atoms with Crippen molar-refractivity contribution in [2.75, 3.05) is 12.3 Å². The lowest BCUT2D eigenvalue weighted by atomic mass is 10.3. The van der Waals surface area contributed by atoms with Crippen LogP contribution in [-0.4, -0.2) is 16.8 Å². The third-order valence-corrected chi connectivity index (χ3v) is 2.38. The van der Waals surface area contributed by atoms with Crippen LogP contribution in [0.15, 0.2) is 24.3 Å². The number of hydrogen-bond acceptors (Lipinski definition) is 2. The first-order valence-corrected chi connectivity index (χ1v) is 5.73. The monoisotopic (exact) mass is 181 g/mol. The van der Waals surface area contributed by atoms with Crippen molar-refractivity contribution in [3.63, 3.8) is 0 Å². The van der Waals surface area contributed by atoms with E-state index in [0.717, 1.165) is 24.5 Å². The predicted octanol–water partition coefficient (Wildman–Crippen LogP) is 0.821. The maximum absolute atomic E-state index is 5.69. The summed E-state index contributed by atoms with van der Waals surface area (Å²) in [6.45, 7) is 0.789. The zero-order valence-electron chi connectivity index (χ0n) is 7.42. The number of anilines is 1. The average Bonchev–Trinajstić information content (AvgIpc) is 2.09. The van der Waals surface area contributed by atoms with Crippen LogP contribution in [0.3, 0.4) is 0 Å². The molecule has 0 fully saturated rings. The molecule has 0 aliphatic heterocycles. The van der Waals surface area contributed by atoms with Crippen molar-refractivity contribution in [1.82, 2.24) is 0 Å². The number of nitrogen functional groups attached to an aromatic ring is 1. The van der Waals surface area contributed by atoms with Crippen LogP contribution in [0.1, 0.15) is 6.42 Å². The van der Waals surface area contributed by atoms with Crippen molar-refractivity contribution in [3.05, 3.63) is 24.3 Å². The second kappa shape index (κ2) is 4.82. The lowest BCUT2D eigenvalue weighted by Gasteiger charge is -2.06. The number of rotatable bonds is 4. The first-order valence-electron chi connectivity index (χ1n) is 4.32. The molecule has 0 spiro atoms. The molecule has 0 saturated heterocycles. The van der Waals surface area contributed by atoms with Crippen molar-refractivity contribution >= 4 is 15.9 Å². The van der Waals surface area contributed by atoms with E-state index in [1.807, 2.05) is 24.3 Å². The normalized spacial score (nSPS) is 10.0. The Morgan fingerprint density at radius 2 is 2.08 bits per heavy atom. The Kier molecular flexibility index (Phi) is 3.67. The van der Waals surface area contributed by atoms with E-state index < -0.39 is 0 Å². The number of nitrogens with two attached hydrogens (primary N) is 1. The van der Waals surface area contributed by atoms with Gasteiger partial charge in [-0.05, 0) is 18.6 Å². The Morgan fingerprint density at radius 1 is 1.33 bits per heavy atom. The van der Waals surface area contributed by atoms with Crippen molar-refractivity contribution in [2.45, 2.75) is 12.5 Å². The second-order valence-electron chi connectivity index (χ2n) is 2.74. The summed E-state index contributed by atoms with van der Waals surface area (Å²) in [6, 6.07) is 8.90. The van der Waals surface area contributed by atoms with Crippen LogP contribution >= 0.6 is 0 Å². The molecule has 0 aromatic heterocycles. The smallest absolute Gasteiger partial charge is 0.142 e. The quantitative estimate of drug-likeness (QED) is 0.424. The summed E-state index contributed by atoms with van der Waals surface area (Å²) >= 11 is 0. The Bertz CT molecular complexity index is 240. The summed E-state index contributed by atoms with van der Waals surface area (Å²) in [4.78, 5) is 0. The minimum atomic E-state index is 0.728. The minimum Gasteiger partial charge on any atom is -0.491 e. The van der Waals surface area contributed by atoms with Gasteiger partial charge >= 0.3 is 0 Å². The molecule has 0 amide bonds. The highest BCUT2D eigenvalue weighted by Gasteiger charge is 1.96. The third-order valence-electron chi connectivity index (χ3n) is 1.67. The summed E-state index contributed by atoms with van der Waals surface area (Å²) in [7, 11) is 1.25. The minimum absolute atomic E-state index is 0.728. The van der Waals surface area contributed by atoms with Crippen LogP contribution in [0, 0.1) is 0 Å². The standard InChI is InChI=1S/C9H15NOSi/c10-8-4-1-2-5-9(8)11-6-3-7-12/h1-2,4-5H,3,6-7,10H2,12H3. The van der Waals surface area contributed by atoms with Gasteiger partial charge in [0.25, 0.3) is 0 Å². The summed E-state index contributed by atoms with van der Waals surface area (Å²) in [5, 5.41) is 0. The SMILES string of the molecule is Nc1ccccc1OCCC[SiH3]. The summed E-state index contributed by atoms with van der Waals surface area (Å²) in [6.07, 6.45) is 1.14. The first kappa shape index (κ1) is 9.13. The number of hydrogen-bond donors (Lipinski definition) is 1. The zero-order valence-corrected chi connectivity index (χ0v) is 9.42. The predicted molar refractivity (Wildman–Crippen MR) is 55.7 cm³/mol. The molecule has 0 atom stereocenters. The van der Waals surface area contributed by atoms with Gasteiger partial charge in [-0.3, -0.25) is 0 Å². The fraction of sp³-hybridized carbons (Fsp3) is 0.333. The molecule has 2 nitrogen and oxygen atoms in total. The fourth-order valence-electron chi connectivity index (χ4n) is 0.938. The third kappa shape index (κ3) is 2.58. The Balaban J connectivity index is 2.46. The van der Waals surface area contributed by atoms with E-state index >= 15 is 0 Å². The zero-order chi connectivity index (χ0) is 8.81. The van der Waals surface area contributed by atoms with Gasteiger partial charge in [0.1, 0.15) is 5.75 Å². The molecular formula is C9H15NOSi. The molecule has 0 heterocycles. The van der Waals surface area contributed by atoms with Gasteiger partial charge in [0.15, 0.2) is 0 Å². The maximum Gasteiger partial charge on any atom is 0.142 e. The van der Waals surface area contributed by atoms with E-state index in [4.69, 9.17) is 10.5 Å². The highest BCUT2D eigenvalue weighted by Crippen LogP contribution is 2.19. The molecule has 0 unspecified atom stereocenters. The van der Waals surface area contributed by atoms with Crippen molar-refractivity contribution in [3.8, 4) is 5.75 Å². The van der Waals surface area contributed by atoms with Gasteiger partial charge in [-0.1, -0.05) is 18.2 Å². The van der Waals surface area contributed by atoms with E-state index in [1.165, 1.54) is 16.3 Å². The number of ether oxygens (including phenoxy) is 1.